The summed E-state index contributed by atoms with van der Waals surface area (Å²) in [5, 5.41) is 8.37. The summed E-state index contributed by atoms with van der Waals surface area (Å²) in [6.45, 7) is 6.85. The number of carbonyl (C=O) groups excluding carboxylic acids is 1. The van der Waals surface area contributed by atoms with Crippen LogP contribution in [-0.2, 0) is 11.3 Å². The Morgan fingerprint density at radius 1 is 1.29 bits per heavy atom. The number of aryl methyl sites for hydroxylation is 2. The fraction of sp³-hybridized carbons (Fsp3) is 0.450. The number of hydrogen-bond donors (Lipinski definition) is 1. The number of nitrogens with zero attached hydrogens (tertiary/aromatic N) is 4. The molecule has 148 valence electrons. The molecule has 1 fully saturated rings. The molecule has 0 radical (unpaired) electrons. The van der Waals surface area contributed by atoms with Gasteiger partial charge in [0.15, 0.2) is 5.13 Å². The number of halogens is 1. The Balaban J connectivity index is 1.28. The molecule has 3 aromatic rings. The number of hydrogen-bond acceptors (Lipinski definition) is 5. The van der Waals surface area contributed by atoms with Gasteiger partial charge < -0.3 is 10.2 Å². The van der Waals surface area contributed by atoms with Crippen molar-refractivity contribution in [3.8, 4) is 0 Å². The number of anilines is 1. The van der Waals surface area contributed by atoms with E-state index in [0.29, 0.717) is 13.1 Å². The average molecular weight is 402 g/mol. The highest BCUT2D eigenvalue weighted by atomic mass is 32.1. The monoisotopic (exact) mass is 401 g/mol. The van der Waals surface area contributed by atoms with Gasteiger partial charge in [-0.15, -0.1) is 0 Å². The van der Waals surface area contributed by atoms with Gasteiger partial charge in [-0.1, -0.05) is 11.3 Å². The number of thiazole rings is 1. The van der Waals surface area contributed by atoms with Crippen molar-refractivity contribution in [1.29, 1.82) is 0 Å². The number of aromatic nitrogens is 3. The molecule has 0 atom stereocenters. The third kappa shape index (κ3) is 4.01. The lowest BCUT2D eigenvalue weighted by Gasteiger charge is -2.31. The van der Waals surface area contributed by atoms with Gasteiger partial charge in [-0.2, -0.15) is 5.10 Å². The topological polar surface area (TPSA) is 63.1 Å². The highest BCUT2D eigenvalue weighted by Crippen LogP contribution is 2.31. The van der Waals surface area contributed by atoms with Crippen LogP contribution >= 0.6 is 11.3 Å². The molecule has 1 amide bonds. The van der Waals surface area contributed by atoms with Gasteiger partial charge in [0.1, 0.15) is 5.82 Å². The van der Waals surface area contributed by atoms with Crippen molar-refractivity contribution in [2.45, 2.75) is 33.2 Å². The Bertz CT molecular complexity index is 990. The van der Waals surface area contributed by atoms with E-state index in [1.807, 2.05) is 24.6 Å². The normalized spacial score (nSPS) is 15.3. The van der Waals surface area contributed by atoms with Crippen LogP contribution in [0.3, 0.4) is 0 Å². The Morgan fingerprint density at radius 2 is 2.07 bits per heavy atom. The van der Waals surface area contributed by atoms with Crippen molar-refractivity contribution in [3.63, 3.8) is 0 Å². The van der Waals surface area contributed by atoms with E-state index in [2.05, 4.69) is 20.3 Å². The molecule has 1 aromatic carbocycles. The molecule has 3 heterocycles. The summed E-state index contributed by atoms with van der Waals surface area (Å²) in [6.07, 6.45) is 1.60. The van der Waals surface area contributed by atoms with Crippen molar-refractivity contribution >= 4 is 32.6 Å². The minimum Gasteiger partial charge on any atom is -0.354 e. The first-order valence-corrected chi connectivity index (χ1v) is 10.4. The summed E-state index contributed by atoms with van der Waals surface area (Å²) in [5.41, 5.74) is 2.93. The van der Waals surface area contributed by atoms with Gasteiger partial charge in [-0.25, -0.2) is 9.37 Å². The lowest BCUT2D eigenvalue weighted by Crippen LogP contribution is -2.41. The minimum atomic E-state index is -0.237. The number of nitrogens with one attached hydrogen (secondary N) is 1. The van der Waals surface area contributed by atoms with Crippen LogP contribution in [0.4, 0.5) is 9.52 Å². The van der Waals surface area contributed by atoms with E-state index in [-0.39, 0.29) is 17.6 Å². The fourth-order valence-electron chi connectivity index (χ4n) is 3.69. The smallest absolute Gasteiger partial charge is 0.223 e. The third-order valence-corrected chi connectivity index (χ3v) is 6.28. The van der Waals surface area contributed by atoms with E-state index in [9.17, 15) is 9.18 Å². The minimum absolute atomic E-state index is 0.0310. The summed E-state index contributed by atoms with van der Waals surface area (Å²) in [4.78, 5) is 19.3. The van der Waals surface area contributed by atoms with Gasteiger partial charge in [0, 0.05) is 31.2 Å². The Kier molecular flexibility index (Phi) is 5.30. The zero-order chi connectivity index (χ0) is 19.7. The number of carbonyl (C=O) groups is 1. The van der Waals surface area contributed by atoms with Gasteiger partial charge in [0.2, 0.25) is 5.91 Å². The molecule has 6 nitrogen and oxygen atoms in total. The number of amides is 1. The van der Waals surface area contributed by atoms with E-state index >= 15 is 0 Å². The molecule has 1 saturated heterocycles. The second-order valence-electron chi connectivity index (χ2n) is 7.31. The van der Waals surface area contributed by atoms with Crippen LogP contribution in [0.15, 0.2) is 24.3 Å². The standard InChI is InChI=1S/C20H24FN5OS/c1-13-11-14(2)26(24-13)10-7-22-19(27)15-5-8-25(9-6-15)20-23-17-4-3-16(21)12-18(17)28-20/h3-4,11-12,15H,5-10H2,1-2H3,(H,22,27). The summed E-state index contributed by atoms with van der Waals surface area (Å²) >= 11 is 1.51. The van der Waals surface area contributed by atoms with Crippen molar-refractivity contribution < 1.29 is 9.18 Å². The number of rotatable bonds is 5. The van der Waals surface area contributed by atoms with Gasteiger partial charge in [-0.3, -0.25) is 9.48 Å². The maximum Gasteiger partial charge on any atom is 0.223 e. The molecule has 1 aliphatic rings. The first kappa shape index (κ1) is 18.9. The fourth-order valence-corrected chi connectivity index (χ4v) is 4.73. The predicted octanol–water partition coefficient (Wildman–Crippen LogP) is 3.28. The van der Waals surface area contributed by atoms with E-state index in [4.69, 9.17) is 0 Å². The quantitative estimate of drug-likeness (QED) is 0.713. The lowest BCUT2D eigenvalue weighted by molar-refractivity contribution is -0.125. The molecular formula is C20H24FN5OS. The lowest BCUT2D eigenvalue weighted by atomic mass is 9.96. The zero-order valence-electron chi connectivity index (χ0n) is 16.1. The van der Waals surface area contributed by atoms with E-state index in [1.165, 1.54) is 23.5 Å². The molecule has 0 spiro atoms. The first-order valence-electron chi connectivity index (χ1n) is 9.59. The summed E-state index contributed by atoms with van der Waals surface area (Å²) in [6, 6.07) is 6.72. The number of fused-ring (bicyclic) bond motifs is 1. The van der Waals surface area contributed by atoms with Crippen LogP contribution in [0.2, 0.25) is 0 Å². The van der Waals surface area contributed by atoms with Gasteiger partial charge in [0.25, 0.3) is 0 Å². The Hall–Kier alpha value is -2.48. The maximum absolute atomic E-state index is 13.4. The zero-order valence-corrected chi connectivity index (χ0v) is 16.9. The summed E-state index contributed by atoms with van der Waals surface area (Å²) in [5.74, 6) is -0.0883. The second-order valence-corrected chi connectivity index (χ2v) is 8.32. The van der Waals surface area contributed by atoms with Crippen LogP contribution in [0.1, 0.15) is 24.2 Å². The number of benzene rings is 1. The molecule has 4 rings (SSSR count). The Labute approximate surface area is 167 Å². The van der Waals surface area contributed by atoms with E-state index in [1.54, 1.807) is 6.07 Å². The van der Waals surface area contributed by atoms with Crippen molar-refractivity contribution in [3.05, 3.63) is 41.5 Å². The van der Waals surface area contributed by atoms with Gasteiger partial charge in [0.05, 0.1) is 22.5 Å². The highest BCUT2D eigenvalue weighted by molar-refractivity contribution is 7.22. The first-order chi connectivity index (χ1) is 13.5. The van der Waals surface area contributed by atoms with Crippen molar-refractivity contribution in [1.82, 2.24) is 20.1 Å². The molecule has 28 heavy (non-hydrogen) atoms. The molecule has 8 heteroatoms. The molecule has 1 aliphatic heterocycles. The SMILES string of the molecule is Cc1cc(C)n(CCNC(=O)C2CCN(c3nc4ccc(F)cc4s3)CC2)n1. The highest BCUT2D eigenvalue weighted by Gasteiger charge is 2.26. The van der Waals surface area contributed by atoms with Crippen LogP contribution in [0, 0.1) is 25.6 Å². The molecule has 1 N–H and O–H groups in total. The van der Waals surface area contributed by atoms with Crippen LogP contribution in [-0.4, -0.2) is 40.3 Å². The van der Waals surface area contributed by atoms with Crippen molar-refractivity contribution in [2.24, 2.45) is 5.92 Å². The Morgan fingerprint density at radius 3 is 2.79 bits per heavy atom. The molecule has 0 bridgehead atoms. The molecular weight excluding hydrogens is 377 g/mol. The number of piperidine rings is 1. The molecule has 0 saturated carbocycles. The summed E-state index contributed by atoms with van der Waals surface area (Å²) < 4.78 is 16.2. The van der Waals surface area contributed by atoms with Crippen LogP contribution < -0.4 is 10.2 Å². The van der Waals surface area contributed by atoms with Gasteiger partial charge in [-0.05, 0) is 51.0 Å². The molecule has 2 aromatic heterocycles. The molecule has 0 aliphatic carbocycles. The largest absolute Gasteiger partial charge is 0.354 e. The average Bonchev–Trinajstić information content (AvgIpc) is 3.24. The summed E-state index contributed by atoms with van der Waals surface area (Å²) in [7, 11) is 0. The van der Waals surface area contributed by atoms with E-state index in [0.717, 1.165) is 52.7 Å². The molecule has 0 unspecified atom stereocenters. The maximum atomic E-state index is 13.4. The van der Waals surface area contributed by atoms with Gasteiger partial charge >= 0.3 is 0 Å². The second kappa shape index (κ2) is 7.87. The third-order valence-electron chi connectivity index (χ3n) is 5.20. The predicted molar refractivity (Wildman–Crippen MR) is 109 cm³/mol. The van der Waals surface area contributed by atoms with Crippen LogP contribution in [0.5, 0.6) is 0 Å². The van der Waals surface area contributed by atoms with Crippen LogP contribution in [0.25, 0.3) is 10.2 Å². The van der Waals surface area contributed by atoms with E-state index < -0.39 is 0 Å². The van der Waals surface area contributed by atoms with Crippen molar-refractivity contribution in [2.75, 3.05) is 24.5 Å².